The first kappa shape index (κ1) is 87.4. The van der Waals surface area contributed by atoms with E-state index in [0.29, 0.717) is 19.8 Å². The third-order valence-electron chi connectivity index (χ3n) is 10.9. The molecule has 0 bridgehead atoms. The van der Waals surface area contributed by atoms with E-state index in [2.05, 4.69) is 58.9 Å². The predicted molar refractivity (Wildman–Crippen MR) is 327 cm³/mol. The Morgan fingerprint density at radius 1 is 0.236 bits per heavy atom. The van der Waals surface area contributed by atoms with Crippen molar-refractivity contribution in [3.63, 3.8) is 0 Å². The molecule has 0 radical (unpaired) electrons. The maximum absolute atomic E-state index is 8.33. The average Bonchev–Trinajstić information content (AvgIpc) is 3.41. The normalized spacial score (nSPS) is 9.68. The number of aryl methyl sites for hydroxylation is 1. The minimum absolute atomic E-state index is 0.275. The molecule has 0 saturated heterocycles. The number of aliphatic hydroxyl groups excluding tert-OH is 3. The first-order valence-corrected chi connectivity index (χ1v) is 30.4. The molecule has 72 heavy (non-hydrogen) atoms. The Balaban J connectivity index is -0.000000107. The maximum atomic E-state index is 8.33. The summed E-state index contributed by atoms with van der Waals surface area (Å²) in [6, 6.07) is 10.5. The van der Waals surface area contributed by atoms with Crippen LogP contribution >= 0.6 is 0 Å². The van der Waals surface area contributed by atoms with Crippen molar-refractivity contribution in [3.8, 4) is 0 Å². The van der Waals surface area contributed by atoms with Crippen molar-refractivity contribution in [3.05, 3.63) is 35.9 Å². The van der Waals surface area contributed by atoms with Gasteiger partial charge in [-0.3, -0.25) is 0 Å². The zero-order valence-electron chi connectivity index (χ0n) is 49.6. The van der Waals surface area contributed by atoms with Gasteiger partial charge in [0.05, 0.1) is 0 Å². The summed E-state index contributed by atoms with van der Waals surface area (Å²) in [7, 11) is 0. The Morgan fingerprint density at radius 2 is 0.417 bits per heavy atom. The summed E-state index contributed by atoms with van der Waals surface area (Å²) in [5, 5.41) is 24.7. The van der Waals surface area contributed by atoms with Crippen LogP contribution in [-0.4, -0.2) is 94.0 Å². The van der Waals surface area contributed by atoms with E-state index >= 15 is 0 Å². The van der Waals surface area contributed by atoms with Gasteiger partial charge in [-0.2, -0.15) is 0 Å². The molecule has 0 spiro atoms. The van der Waals surface area contributed by atoms with Gasteiger partial charge >= 0.3 is 0 Å². The Labute approximate surface area is 452 Å². The van der Waals surface area contributed by atoms with Gasteiger partial charge in [0, 0.05) is 19.8 Å². The molecule has 1 aromatic carbocycles. The molecule has 1 rings (SSSR count). The molecule has 0 atom stereocenters. The van der Waals surface area contributed by atoms with Crippen LogP contribution in [0.25, 0.3) is 0 Å². The SMILES string of the molecule is CCCCCCCCCN.CCCCCCCCN.CCCCCCCN.CCCCCCN.CCCCCN.NCCCCCCO.NCCCCCO.NCCCCO.NCCCCc1ccccc1. The summed E-state index contributed by atoms with van der Waals surface area (Å²) in [5.41, 5.74) is 48.9. The van der Waals surface area contributed by atoms with Crippen molar-refractivity contribution >= 4 is 0 Å². The van der Waals surface area contributed by atoms with Crippen LogP contribution in [0.1, 0.15) is 271 Å². The third kappa shape index (κ3) is 133. The van der Waals surface area contributed by atoms with Crippen molar-refractivity contribution in [2.45, 2.75) is 272 Å². The second-order valence-corrected chi connectivity index (χ2v) is 18.5. The minimum atomic E-state index is 0.275. The molecule has 0 heterocycles. The van der Waals surface area contributed by atoms with Crippen LogP contribution in [0.5, 0.6) is 0 Å². The van der Waals surface area contributed by atoms with Crippen molar-refractivity contribution in [2.24, 2.45) is 51.6 Å². The predicted octanol–water partition coefficient (Wildman–Crippen LogP) is 11.9. The van der Waals surface area contributed by atoms with Crippen LogP contribution in [0.4, 0.5) is 0 Å². The number of unbranched alkanes of at least 4 members (excludes halogenated alkanes) is 27. The van der Waals surface area contributed by atoms with Crippen molar-refractivity contribution in [1.82, 2.24) is 0 Å². The van der Waals surface area contributed by atoms with Gasteiger partial charge in [0.25, 0.3) is 0 Å². The number of hydrogen-bond acceptors (Lipinski definition) is 12. The Hall–Kier alpha value is -1.26. The highest BCUT2D eigenvalue weighted by Gasteiger charge is 1.91. The molecule has 1 aromatic rings. The summed E-state index contributed by atoms with van der Waals surface area (Å²) in [6.45, 7) is 19.4. The van der Waals surface area contributed by atoms with E-state index in [4.69, 9.17) is 66.9 Å². The topological polar surface area (TPSA) is 295 Å². The summed E-state index contributed by atoms with van der Waals surface area (Å²) in [6.07, 6.45) is 45.7. The molecule has 442 valence electrons. The van der Waals surface area contributed by atoms with Gasteiger partial charge < -0.3 is 66.9 Å². The summed E-state index contributed by atoms with van der Waals surface area (Å²) < 4.78 is 0. The average molecular weight is 1030 g/mol. The molecule has 12 heteroatoms. The van der Waals surface area contributed by atoms with Gasteiger partial charge in [-0.1, -0.05) is 206 Å². The molecule has 0 aliphatic heterocycles. The molecule has 0 aliphatic rings. The first-order valence-electron chi connectivity index (χ1n) is 30.4. The fourth-order valence-electron chi connectivity index (χ4n) is 6.16. The molecule has 12 nitrogen and oxygen atoms in total. The number of nitrogens with two attached hydrogens (primary N) is 9. The highest BCUT2D eigenvalue weighted by Crippen LogP contribution is 2.06. The lowest BCUT2D eigenvalue weighted by Crippen LogP contribution is -1.98. The molecular formula is C60H139N9O3. The second kappa shape index (κ2) is 106. The second-order valence-electron chi connectivity index (χ2n) is 18.5. The molecule has 0 fully saturated rings. The number of hydrogen-bond donors (Lipinski definition) is 12. The Kier molecular flexibility index (Phi) is 129. The quantitative estimate of drug-likeness (QED) is 0.0273. The van der Waals surface area contributed by atoms with Crippen LogP contribution in [0, 0.1) is 0 Å². The molecule has 0 amide bonds. The molecular weight excluding hydrogens is 895 g/mol. The van der Waals surface area contributed by atoms with Gasteiger partial charge in [-0.05, 0) is 161 Å². The van der Waals surface area contributed by atoms with E-state index in [9.17, 15) is 0 Å². The van der Waals surface area contributed by atoms with Crippen LogP contribution in [0.2, 0.25) is 0 Å². The van der Waals surface area contributed by atoms with Crippen LogP contribution in [0.15, 0.2) is 30.3 Å². The third-order valence-corrected chi connectivity index (χ3v) is 10.9. The fourth-order valence-corrected chi connectivity index (χ4v) is 6.16. The van der Waals surface area contributed by atoms with E-state index in [1.165, 1.54) is 173 Å². The molecule has 0 aliphatic carbocycles. The number of benzene rings is 1. The van der Waals surface area contributed by atoms with Gasteiger partial charge in [0.1, 0.15) is 0 Å². The van der Waals surface area contributed by atoms with Crippen molar-refractivity contribution in [1.29, 1.82) is 0 Å². The lowest BCUT2D eigenvalue weighted by molar-refractivity contribution is 0.282. The lowest BCUT2D eigenvalue weighted by Gasteiger charge is -1.98. The van der Waals surface area contributed by atoms with Crippen molar-refractivity contribution < 1.29 is 15.3 Å². The van der Waals surface area contributed by atoms with E-state index in [-0.39, 0.29) is 6.61 Å². The summed E-state index contributed by atoms with van der Waals surface area (Å²) >= 11 is 0. The number of rotatable bonds is 41. The Bertz CT molecular complexity index is 780. The van der Waals surface area contributed by atoms with E-state index in [1.807, 2.05) is 6.07 Å². The summed E-state index contributed by atoms with van der Waals surface area (Å²) in [5.74, 6) is 0. The van der Waals surface area contributed by atoms with Gasteiger partial charge in [0.15, 0.2) is 0 Å². The molecule has 0 saturated carbocycles. The number of aliphatic hydroxyl groups is 3. The molecule has 0 unspecified atom stereocenters. The van der Waals surface area contributed by atoms with Gasteiger partial charge in [0.2, 0.25) is 0 Å². The van der Waals surface area contributed by atoms with Crippen LogP contribution < -0.4 is 51.6 Å². The standard InChI is InChI=1S/C10H15N.C9H21N.C8H19N.C7H17N.C6H15NO.C6H15N.C5H13NO.C5H13N.C4H11NO/c11-9-5-4-8-10-6-2-1-3-7-10;1-2-3-4-5-6-7-8-9-10;1-2-3-4-5-6-7-8-9;1-2-3-4-5-6-7-8;7-5-3-1-2-4-6-8;1-2-3-4-5-6-7;6-4-2-1-3-5-7;1-2-3-4-5-6;5-3-1-2-4-6/h1-3,6-7H,4-5,8-9,11H2;2-10H2,1H3;2-9H2,1H3;2-8H2,1H3;8H,1-7H2;2-7H2,1H3;7H,1-6H2;2-6H2,1H3;6H,1-5H2. The van der Waals surface area contributed by atoms with Crippen molar-refractivity contribution in [2.75, 3.05) is 78.7 Å². The van der Waals surface area contributed by atoms with Gasteiger partial charge in [-0.25, -0.2) is 0 Å². The highest BCUT2D eigenvalue weighted by atomic mass is 16.3. The first-order chi connectivity index (χ1) is 35.2. The lowest BCUT2D eigenvalue weighted by atomic mass is 10.1. The van der Waals surface area contributed by atoms with E-state index in [0.717, 1.165) is 123 Å². The maximum Gasteiger partial charge on any atom is 0.0431 e. The highest BCUT2D eigenvalue weighted by molar-refractivity contribution is 5.14. The molecule has 0 aromatic heterocycles. The minimum Gasteiger partial charge on any atom is -0.396 e. The zero-order valence-corrected chi connectivity index (χ0v) is 49.6. The Morgan fingerprint density at radius 3 is 0.667 bits per heavy atom. The van der Waals surface area contributed by atoms with Crippen LogP contribution in [-0.2, 0) is 6.42 Å². The summed E-state index contributed by atoms with van der Waals surface area (Å²) in [4.78, 5) is 0. The van der Waals surface area contributed by atoms with E-state index < -0.39 is 0 Å². The monoisotopic (exact) mass is 1030 g/mol. The van der Waals surface area contributed by atoms with Gasteiger partial charge in [-0.15, -0.1) is 0 Å². The molecule has 21 N–H and O–H groups in total. The fraction of sp³-hybridized carbons (Fsp3) is 0.900. The largest absolute Gasteiger partial charge is 0.396 e. The zero-order chi connectivity index (χ0) is 55.8. The smallest absolute Gasteiger partial charge is 0.0431 e. The van der Waals surface area contributed by atoms with Crippen LogP contribution in [0.3, 0.4) is 0 Å². The van der Waals surface area contributed by atoms with E-state index in [1.54, 1.807) is 0 Å².